The van der Waals surface area contributed by atoms with Crippen LogP contribution in [0, 0.1) is 0 Å². The summed E-state index contributed by atoms with van der Waals surface area (Å²) < 4.78 is 5.27. The molecule has 1 heterocycles. The van der Waals surface area contributed by atoms with Crippen LogP contribution in [0.2, 0.25) is 5.02 Å². The standard InChI is InChI=1S/C12H14ClNO/c13-11-8-12-10(4-6-15-12)7-9(11)3-1-2-5-14/h4,6-8H,1-3,5,14H2. The number of hydrogen-bond acceptors (Lipinski definition) is 2. The molecule has 0 saturated carbocycles. The summed E-state index contributed by atoms with van der Waals surface area (Å²) in [4.78, 5) is 0. The van der Waals surface area contributed by atoms with Gasteiger partial charge in [-0.1, -0.05) is 11.6 Å². The van der Waals surface area contributed by atoms with Crippen molar-refractivity contribution in [2.75, 3.05) is 6.54 Å². The molecule has 0 fully saturated rings. The van der Waals surface area contributed by atoms with Gasteiger partial charge in [0.25, 0.3) is 0 Å². The highest BCUT2D eigenvalue weighted by atomic mass is 35.5. The number of benzene rings is 1. The van der Waals surface area contributed by atoms with Crippen LogP contribution in [-0.2, 0) is 6.42 Å². The maximum atomic E-state index is 6.15. The molecule has 3 heteroatoms. The Morgan fingerprint density at radius 1 is 1.27 bits per heavy atom. The van der Waals surface area contributed by atoms with Gasteiger partial charge in [0.15, 0.2) is 0 Å². The van der Waals surface area contributed by atoms with Crippen LogP contribution < -0.4 is 5.73 Å². The number of hydrogen-bond donors (Lipinski definition) is 1. The fourth-order valence-corrected chi connectivity index (χ4v) is 1.93. The van der Waals surface area contributed by atoms with Gasteiger partial charge in [-0.2, -0.15) is 0 Å². The van der Waals surface area contributed by atoms with E-state index in [0.717, 1.165) is 41.8 Å². The minimum absolute atomic E-state index is 0.742. The minimum atomic E-state index is 0.742. The van der Waals surface area contributed by atoms with Crippen LogP contribution in [0.5, 0.6) is 0 Å². The predicted molar refractivity (Wildman–Crippen MR) is 63.2 cm³/mol. The van der Waals surface area contributed by atoms with Gasteiger partial charge >= 0.3 is 0 Å². The second kappa shape index (κ2) is 4.69. The molecule has 0 radical (unpaired) electrons. The highest BCUT2D eigenvalue weighted by Crippen LogP contribution is 2.25. The quantitative estimate of drug-likeness (QED) is 0.808. The second-order valence-electron chi connectivity index (χ2n) is 3.65. The zero-order valence-corrected chi connectivity index (χ0v) is 9.26. The summed E-state index contributed by atoms with van der Waals surface area (Å²) >= 11 is 6.15. The van der Waals surface area contributed by atoms with E-state index in [1.807, 2.05) is 12.1 Å². The first kappa shape index (κ1) is 10.5. The van der Waals surface area contributed by atoms with Crippen LogP contribution in [0.3, 0.4) is 0 Å². The Labute approximate surface area is 94.0 Å². The van der Waals surface area contributed by atoms with Gasteiger partial charge in [-0.05, 0) is 43.5 Å². The number of unbranched alkanes of at least 4 members (excludes halogenated alkanes) is 1. The zero-order valence-electron chi connectivity index (χ0n) is 8.50. The lowest BCUT2D eigenvalue weighted by molar-refractivity contribution is 0.615. The molecule has 0 aliphatic heterocycles. The van der Waals surface area contributed by atoms with Crippen LogP contribution in [0.25, 0.3) is 11.0 Å². The van der Waals surface area contributed by atoms with E-state index < -0.39 is 0 Å². The average molecular weight is 224 g/mol. The van der Waals surface area contributed by atoms with Crippen LogP contribution in [0.4, 0.5) is 0 Å². The van der Waals surface area contributed by atoms with Gasteiger partial charge in [0, 0.05) is 16.5 Å². The van der Waals surface area contributed by atoms with E-state index in [1.54, 1.807) is 6.26 Å². The van der Waals surface area contributed by atoms with Crippen molar-refractivity contribution < 1.29 is 4.42 Å². The van der Waals surface area contributed by atoms with Crippen molar-refractivity contribution in [3.05, 3.63) is 35.0 Å². The van der Waals surface area contributed by atoms with Crippen molar-refractivity contribution in [3.63, 3.8) is 0 Å². The average Bonchev–Trinajstić information content (AvgIpc) is 2.65. The normalized spacial score (nSPS) is 11.1. The Morgan fingerprint density at radius 2 is 2.13 bits per heavy atom. The number of rotatable bonds is 4. The molecule has 2 aromatic rings. The lowest BCUT2D eigenvalue weighted by atomic mass is 10.1. The predicted octanol–water partition coefficient (Wildman–Crippen LogP) is 3.37. The Bertz CT molecular complexity index is 450. The lowest BCUT2D eigenvalue weighted by Crippen LogP contribution is -1.99. The van der Waals surface area contributed by atoms with Gasteiger partial charge in [-0.15, -0.1) is 0 Å². The first-order valence-corrected chi connectivity index (χ1v) is 5.55. The molecule has 0 amide bonds. The Morgan fingerprint density at radius 3 is 2.93 bits per heavy atom. The molecule has 0 aliphatic rings. The molecule has 80 valence electrons. The maximum absolute atomic E-state index is 6.15. The van der Waals surface area contributed by atoms with E-state index in [-0.39, 0.29) is 0 Å². The van der Waals surface area contributed by atoms with Crippen molar-refractivity contribution in [3.8, 4) is 0 Å². The molecule has 2 N–H and O–H groups in total. The Hall–Kier alpha value is -0.990. The number of fused-ring (bicyclic) bond motifs is 1. The van der Waals surface area contributed by atoms with E-state index in [1.165, 1.54) is 5.56 Å². The van der Waals surface area contributed by atoms with Crippen LogP contribution in [0.1, 0.15) is 18.4 Å². The molecule has 0 unspecified atom stereocenters. The second-order valence-corrected chi connectivity index (χ2v) is 4.06. The van der Waals surface area contributed by atoms with E-state index in [2.05, 4.69) is 6.07 Å². The summed E-state index contributed by atoms with van der Waals surface area (Å²) in [5, 5.41) is 1.90. The van der Waals surface area contributed by atoms with E-state index in [0.29, 0.717) is 0 Å². The summed E-state index contributed by atoms with van der Waals surface area (Å²) in [7, 11) is 0. The molecule has 1 aromatic carbocycles. The topological polar surface area (TPSA) is 39.2 Å². The molecule has 2 nitrogen and oxygen atoms in total. The third-order valence-corrected chi connectivity index (χ3v) is 2.87. The fraction of sp³-hybridized carbons (Fsp3) is 0.333. The summed E-state index contributed by atoms with van der Waals surface area (Å²) in [5.41, 5.74) is 7.49. The summed E-state index contributed by atoms with van der Waals surface area (Å²) in [6.07, 6.45) is 4.79. The molecule has 0 saturated heterocycles. The largest absolute Gasteiger partial charge is 0.464 e. The summed E-state index contributed by atoms with van der Waals surface area (Å²) in [6, 6.07) is 5.93. The van der Waals surface area contributed by atoms with Gasteiger partial charge < -0.3 is 10.2 Å². The minimum Gasteiger partial charge on any atom is -0.464 e. The third-order valence-electron chi connectivity index (χ3n) is 2.52. The number of nitrogens with two attached hydrogens (primary N) is 1. The molecular weight excluding hydrogens is 210 g/mol. The Balaban J connectivity index is 2.22. The molecule has 0 spiro atoms. The van der Waals surface area contributed by atoms with Gasteiger partial charge in [-0.3, -0.25) is 0 Å². The summed E-state index contributed by atoms with van der Waals surface area (Å²) in [6.45, 7) is 0.742. The van der Waals surface area contributed by atoms with E-state index in [9.17, 15) is 0 Å². The van der Waals surface area contributed by atoms with Gasteiger partial charge in [0.2, 0.25) is 0 Å². The van der Waals surface area contributed by atoms with Crippen molar-refractivity contribution in [1.29, 1.82) is 0 Å². The third kappa shape index (κ3) is 2.33. The van der Waals surface area contributed by atoms with E-state index >= 15 is 0 Å². The molecule has 2 rings (SSSR count). The SMILES string of the molecule is NCCCCc1cc2ccoc2cc1Cl. The van der Waals surface area contributed by atoms with Crippen LogP contribution >= 0.6 is 11.6 Å². The van der Waals surface area contributed by atoms with Gasteiger partial charge in [-0.25, -0.2) is 0 Å². The molecule has 15 heavy (non-hydrogen) atoms. The van der Waals surface area contributed by atoms with Gasteiger partial charge in [0.05, 0.1) is 6.26 Å². The Kier molecular flexibility index (Phi) is 3.29. The fourth-order valence-electron chi connectivity index (χ4n) is 1.68. The molecule has 0 bridgehead atoms. The summed E-state index contributed by atoms with van der Waals surface area (Å²) in [5.74, 6) is 0. The zero-order chi connectivity index (χ0) is 10.7. The van der Waals surface area contributed by atoms with Crippen molar-refractivity contribution in [2.24, 2.45) is 5.73 Å². The van der Waals surface area contributed by atoms with Crippen molar-refractivity contribution >= 4 is 22.6 Å². The monoisotopic (exact) mass is 223 g/mol. The first-order chi connectivity index (χ1) is 7.31. The smallest absolute Gasteiger partial charge is 0.135 e. The molecular formula is C12H14ClNO. The number of furan rings is 1. The van der Waals surface area contributed by atoms with Crippen molar-refractivity contribution in [1.82, 2.24) is 0 Å². The lowest BCUT2D eigenvalue weighted by Gasteiger charge is -2.03. The molecule has 0 aliphatic carbocycles. The number of aryl methyl sites for hydroxylation is 1. The maximum Gasteiger partial charge on any atom is 0.135 e. The highest BCUT2D eigenvalue weighted by molar-refractivity contribution is 6.32. The van der Waals surface area contributed by atoms with Gasteiger partial charge in [0.1, 0.15) is 5.58 Å². The van der Waals surface area contributed by atoms with E-state index in [4.69, 9.17) is 21.8 Å². The highest BCUT2D eigenvalue weighted by Gasteiger charge is 2.04. The first-order valence-electron chi connectivity index (χ1n) is 5.17. The van der Waals surface area contributed by atoms with Crippen molar-refractivity contribution in [2.45, 2.75) is 19.3 Å². The number of halogens is 1. The van der Waals surface area contributed by atoms with Crippen LogP contribution in [0.15, 0.2) is 28.9 Å². The molecule has 0 atom stereocenters. The molecule has 1 aromatic heterocycles. The van der Waals surface area contributed by atoms with Crippen LogP contribution in [-0.4, -0.2) is 6.54 Å².